The summed E-state index contributed by atoms with van der Waals surface area (Å²) in [5.41, 5.74) is 2.12. The van der Waals surface area contributed by atoms with Gasteiger partial charge in [-0.05, 0) is 54.1 Å². The third-order valence-electron chi connectivity index (χ3n) is 4.65. The summed E-state index contributed by atoms with van der Waals surface area (Å²) in [5.74, 6) is 1.64. The number of methoxy groups -OCH3 is 1. The molecule has 3 aromatic carbocycles. The molecule has 1 N–H and O–H groups in total. The van der Waals surface area contributed by atoms with Crippen molar-refractivity contribution in [1.82, 2.24) is 15.5 Å². The molecule has 0 spiro atoms. The quantitative estimate of drug-likeness (QED) is 0.411. The first-order valence-electron chi connectivity index (χ1n) is 9.84. The average Bonchev–Trinajstić information content (AvgIpc) is 3.31. The van der Waals surface area contributed by atoms with Crippen LogP contribution in [-0.4, -0.2) is 23.2 Å². The largest absolute Gasteiger partial charge is 0.497 e. The molecule has 4 rings (SSSR count). The normalized spacial score (nSPS) is 10.6. The molecule has 32 heavy (non-hydrogen) atoms. The van der Waals surface area contributed by atoms with Gasteiger partial charge in [0.25, 0.3) is 11.8 Å². The maximum Gasteiger partial charge on any atom is 0.257 e. The monoisotopic (exact) mass is 449 g/mol. The third kappa shape index (κ3) is 5.25. The van der Waals surface area contributed by atoms with Gasteiger partial charge in [0.2, 0.25) is 0 Å². The number of rotatable bonds is 8. The van der Waals surface area contributed by atoms with Crippen LogP contribution in [0.3, 0.4) is 0 Å². The standard InChI is InChI=1S/C24H20ClN3O4/c1-30-19-12-8-17(9-13-19)24-27-22(28-32-24)14-26-23(29)20-4-2-3-5-21(20)31-15-16-6-10-18(25)11-7-16/h2-13H,14-15H2,1H3,(H,26,29). The Labute approximate surface area is 189 Å². The van der Waals surface area contributed by atoms with Crippen molar-refractivity contribution in [2.45, 2.75) is 13.2 Å². The molecule has 0 bridgehead atoms. The minimum atomic E-state index is -0.299. The van der Waals surface area contributed by atoms with Gasteiger partial charge in [-0.3, -0.25) is 4.79 Å². The van der Waals surface area contributed by atoms with Crippen LogP contribution in [0.15, 0.2) is 77.3 Å². The van der Waals surface area contributed by atoms with E-state index < -0.39 is 0 Å². The van der Waals surface area contributed by atoms with E-state index in [9.17, 15) is 4.79 Å². The number of amides is 1. The number of benzene rings is 3. The summed E-state index contributed by atoms with van der Waals surface area (Å²) in [4.78, 5) is 17.1. The lowest BCUT2D eigenvalue weighted by atomic mass is 10.2. The van der Waals surface area contributed by atoms with Crippen molar-refractivity contribution in [1.29, 1.82) is 0 Å². The van der Waals surface area contributed by atoms with Gasteiger partial charge in [0, 0.05) is 10.6 Å². The Kier molecular flexibility index (Phi) is 6.67. The van der Waals surface area contributed by atoms with E-state index in [1.165, 1.54) is 0 Å². The van der Waals surface area contributed by atoms with Crippen molar-refractivity contribution in [2.75, 3.05) is 7.11 Å². The van der Waals surface area contributed by atoms with Crippen LogP contribution in [0.2, 0.25) is 5.02 Å². The number of hydrogen-bond donors (Lipinski definition) is 1. The predicted molar refractivity (Wildman–Crippen MR) is 120 cm³/mol. The Bertz CT molecular complexity index is 1190. The SMILES string of the molecule is COc1ccc(-c2nc(CNC(=O)c3ccccc3OCc3ccc(Cl)cc3)no2)cc1. The van der Waals surface area contributed by atoms with Crippen LogP contribution < -0.4 is 14.8 Å². The van der Waals surface area contributed by atoms with Gasteiger partial charge in [0.15, 0.2) is 5.82 Å². The van der Waals surface area contributed by atoms with Crippen LogP contribution in [0.1, 0.15) is 21.7 Å². The first-order valence-corrected chi connectivity index (χ1v) is 10.2. The maximum absolute atomic E-state index is 12.7. The van der Waals surface area contributed by atoms with E-state index >= 15 is 0 Å². The van der Waals surface area contributed by atoms with Crippen molar-refractivity contribution in [3.05, 3.63) is 94.8 Å². The Morgan fingerprint density at radius 1 is 1.03 bits per heavy atom. The molecule has 0 saturated carbocycles. The molecule has 0 unspecified atom stereocenters. The number of nitrogens with zero attached hydrogens (tertiary/aromatic N) is 2. The highest BCUT2D eigenvalue weighted by Gasteiger charge is 2.14. The fraction of sp³-hybridized carbons (Fsp3) is 0.125. The number of para-hydroxylation sites is 1. The van der Waals surface area contributed by atoms with Crippen molar-refractivity contribution in [2.24, 2.45) is 0 Å². The summed E-state index contributed by atoms with van der Waals surface area (Å²) in [7, 11) is 1.60. The average molecular weight is 450 g/mol. The fourth-order valence-corrected chi connectivity index (χ4v) is 3.08. The van der Waals surface area contributed by atoms with Gasteiger partial charge in [-0.1, -0.05) is 41.0 Å². The predicted octanol–water partition coefficient (Wildman–Crippen LogP) is 4.91. The van der Waals surface area contributed by atoms with Crippen LogP contribution in [0, 0.1) is 0 Å². The van der Waals surface area contributed by atoms with Gasteiger partial charge in [0.05, 0.1) is 19.2 Å². The van der Waals surface area contributed by atoms with E-state index in [1.807, 2.05) is 42.5 Å². The molecule has 1 amide bonds. The molecule has 0 radical (unpaired) electrons. The second-order valence-corrected chi connectivity index (χ2v) is 7.27. The molecule has 0 aliphatic rings. The van der Waals surface area contributed by atoms with Gasteiger partial charge in [-0.2, -0.15) is 4.98 Å². The van der Waals surface area contributed by atoms with Gasteiger partial charge in [-0.15, -0.1) is 0 Å². The summed E-state index contributed by atoms with van der Waals surface area (Å²) < 4.78 is 16.3. The molecule has 7 nitrogen and oxygen atoms in total. The number of carbonyl (C=O) groups excluding carboxylic acids is 1. The molecule has 0 atom stereocenters. The van der Waals surface area contributed by atoms with Crippen LogP contribution in [0.4, 0.5) is 0 Å². The molecular formula is C24H20ClN3O4. The highest BCUT2D eigenvalue weighted by molar-refractivity contribution is 6.30. The highest BCUT2D eigenvalue weighted by Crippen LogP contribution is 2.22. The van der Waals surface area contributed by atoms with E-state index in [0.29, 0.717) is 34.7 Å². The topological polar surface area (TPSA) is 86.5 Å². The molecule has 1 aromatic heterocycles. The number of aromatic nitrogens is 2. The van der Waals surface area contributed by atoms with E-state index in [2.05, 4.69) is 15.5 Å². The van der Waals surface area contributed by atoms with E-state index in [-0.39, 0.29) is 12.5 Å². The summed E-state index contributed by atoms with van der Waals surface area (Å²) >= 11 is 5.91. The van der Waals surface area contributed by atoms with Crippen LogP contribution in [-0.2, 0) is 13.2 Å². The third-order valence-corrected chi connectivity index (χ3v) is 4.90. The van der Waals surface area contributed by atoms with Crippen LogP contribution in [0.5, 0.6) is 11.5 Å². The molecule has 0 aliphatic carbocycles. The molecule has 1 heterocycles. The molecule has 0 fully saturated rings. The minimum Gasteiger partial charge on any atom is -0.497 e. The first kappa shape index (κ1) is 21.4. The zero-order valence-electron chi connectivity index (χ0n) is 17.2. The van der Waals surface area contributed by atoms with Gasteiger partial charge >= 0.3 is 0 Å². The second-order valence-electron chi connectivity index (χ2n) is 6.84. The number of carbonyl (C=O) groups is 1. The smallest absolute Gasteiger partial charge is 0.257 e. The number of hydrogen-bond acceptors (Lipinski definition) is 6. The number of ether oxygens (including phenoxy) is 2. The van der Waals surface area contributed by atoms with Gasteiger partial charge in [-0.25, -0.2) is 0 Å². The Morgan fingerprint density at radius 2 is 1.78 bits per heavy atom. The zero-order valence-corrected chi connectivity index (χ0v) is 18.0. The highest BCUT2D eigenvalue weighted by atomic mass is 35.5. The number of nitrogens with one attached hydrogen (secondary N) is 1. The van der Waals surface area contributed by atoms with E-state index in [0.717, 1.165) is 16.9 Å². The molecule has 0 saturated heterocycles. The molecule has 8 heteroatoms. The lowest BCUT2D eigenvalue weighted by Gasteiger charge is -2.11. The van der Waals surface area contributed by atoms with Crippen molar-refractivity contribution in [3.8, 4) is 23.0 Å². The van der Waals surface area contributed by atoms with Gasteiger partial charge < -0.3 is 19.3 Å². The van der Waals surface area contributed by atoms with E-state index in [4.69, 9.17) is 25.6 Å². The summed E-state index contributed by atoms with van der Waals surface area (Å²) in [6.07, 6.45) is 0. The first-order chi connectivity index (χ1) is 15.6. The second kappa shape index (κ2) is 9.98. The lowest BCUT2D eigenvalue weighted by molar-refractivity contribution is 0.0945. The Hall–Kier alpha value is -3.84. The molecule has 0 aliphatic heterocycles. The molecular weight excluding hydrogens is 430 g/mol. The maximum atomic E-state index is 12.7. The lowest BCUT2D eigenvalue weighted by Crippen LogP contribution is -2.24. The van der Waals surface area contributed by atoms with Gasteiger partial charge in [0.1, 0.15) is 18.1 Å². The van der Waals surface area contributed by atoms with Crippen molar-refractivity contribution < 1.29 is 18.8 Å². The molecule has 4 aromatic rings. The summed E-state index contributed by atoms with van der Waals surface area (Å²) in [5, 5.41) is 7.39. The van der Waals surface area contributed by atoms with Crippen LogP contribution >= 0.6 is 11.6 Å². The minimum absolute atomic E-state index is 0.115. The Balaban J connectivity index is 1.38. The van der Waals surface area contributed by atoms with Crippen molar-refractivity contribution in [3.63, 3.8) is 0 Å². The van der Waals surface area contributed by atoms with Crippen molar-refractivity contribution >= 4 is 17.5 Å². The number of halogens is 1. The van der Waals surface area contributed by atoms with E-state index in [1.54, 1.807) is 37.4 Å². The fourth-order valence-electron chi connectivity index (χ4n) is 2.95. The zero-order chi connectivity index (χ0) is 22.3. The summed E-state index contributed by atoms with van der Waals surface area (Å²) in [6.45, 7) is 0.432. The summed E-state index contributed by atoms with van der Waals surface area (Å²) in [6, 6.07) is 21.6. The molecule has 162 valence electrons. The Morgan fingerprint density at radius 3 is 2.53 bits per heavy atom. The van der Waals surface area contributed by atoms with Crippen LogP contribution in [0.25, 0.3) is 11.5 Å².